The van der Waals surface area contributed by atoms with E-state index in [9.17, 15) is 13.2 Å². The molecule has 7 heteroatoms. The van der Waals surface area contributed by atoms with Crippen LogP contribution in [0, 0.1) is 0 Å². The van der Waals surface area contributed by atoms with Gasteiger partial charge in [-0.25, -0.2) is 12.7 Å². The normalized spacial score (nSPS) is 16.9. The Balaban J connectivity index is 2.30. The van der Waals surface area contributed by atoms with Crippen LogP contribution in [-0.2, 0) is 10.0 Å². The molecule has 1 fully saturated rings. The van der Waals surface area contributed by atoms with E-state index < -0.39 is 10.0 Å². The van der Waals surface area contributed by atoms with Crippen molar-refractivity contribution in [1.29, 1.82) is 0 Å². The number of nitrogens with zero attached hydrogens (tertiary/aromatic N) is 2. The average molecular weight is 417 g/mol. The van der Waals surface area contributed by atoms with Crippen molar-refractivity contribution < 1.29 is 13.2 Å². The van der Waals surface area contributed by atoms with E-state index in [1.165, 1.54) is 33.0 Å². The van der Waals surface area contributed by atoms with Crippen LogP contribution in [0.15, 0.2) is 27.6 Å². The van der Waals surface area contributed by atoms with Gasteiger partial charge in [0.1, 0.15) is 0 Å². The molecule has 5 nitrogen and oxygen atoms in total. The van der Waals surface area contributed by atoms with Crippen molar-refractivity contribution in [2.75, 3.05) is 21.1 Å². The summed E-state index contributed by atoms with van der Waals surface area (Å²) in [4.78, 5) is 14.7. The van der Waals surface area contributed by atoms with Gasteiger partial charge in [-0.2, -0.15) is 0 Å². The molecule has 24 heavy (non-hydrogen) atoms. The van der Waals surface area contributed by atoms with E-state index in [1.54, 1.807) is 17.0 Å². The first kappa shape index (κ1) is 19.4. The third-order valence-corrected chi connectivity index (χ3v) is 7.44. The van der Waals surface area contributed by atoms with Crippen molar-refractivity contribution in [3.63, 3.8) is 0 Å². The minimum absolute atomic E-state index is 0.118. The lowest BCUT2D eigenvalue weighted by molar-refractivity contribution is 0.0717. The molecule has 0 bridgehead atoms. The van der Waals surface area contributed by atoms with Gasteiger partial charge >= 0.3 is 0 Å². The van der Waals surface area contributed by atoms with Gasteiger partial charge in [-0.15, -0.1) is 0 Å². The lowest BCUT2D eigenvalue weighted by Gasteiger charge is -2.27. The lowest BCUT2D eigenvalue weighted by atomic mass is 10.1. The zero-order valence-corrected chi connectivity index (χ0v) is 16.9. The molecule has 1 aromatic carbocycles. The molecule has 0 aliphatic heterocycles. The van der Waals surface area contributed by atoms with Gasteiger partial charge in [0.25, 0.3) is 5.91 Å². The molecule has 1 amide bonds. The van der Waals surface area contributed by atoms with Crippen LogP contribution in [0.2, 0.25) is 0 Å². The minimum atomic E-state index is -3.60. The van der Waals surface area contributed by atoms with Gasteiger partial charge in [0, 0.05) is 37.2 Å². The van der Waals surface area contributed by atoms with Gasteiger partial charge in [-0.05, 0) is 47.0 Å². The Morgan fingerprint density at radius 1 is 1.08 bits per heavy atom. The quantitative estimate of drug-likeness (QED) is 0.705. The van der Waals surface area contributed by atoms with Crippen molar-refractivity contribution in [3.05, 3.63) is 28.2 Å². The molecule has 0 unspecified atom stereocenters. The smallest absolute Gasteiger partial charge is 0.253 e. The lowest BCUT2D eigenvalue weighted by Crippen LogP contribution is -2.36. The van der Waals surface area contributed by atoms with Gasteiger partial charge in [0.05, 0.1) is 4.90 Å². The second-order valence-electron chi connectivity index (χ2n) is 6.49. The first-order valence-corrected chi connectivity index (χ1v) is 10.5. The zero-order chi connectivity index (χ0) is 17.9. The third kappa shape index (κ3) is 4.18. The maximum atomic E-state index is 12.8. The summed E-state index contributed by atoms with van der Waals surface area (Å²) in [5.41, 5.74) is 0.408. The second-order valence-corrected chi connectivity index (χ2v) is 9.47. The fraction of sp³-hybridized carbons (Fsp3) is 0.588. The Morgan fingerprint density at radius 3 is 2.21 bits per heavy atom. The van der Waals surface area contributed by atoms with E-state index in [1.807, 2.05) is 7.05 Å². The van der Waals surface area contributed by atoms with Crippen molar-refractivity contribution in [1.82, 2.24) is 9.21 Å². The number of hydrogen-bond donors (Lipinski definition) is 0. The van der Waals surface area contributed by atoms with Gasteiger partial charge in [-0.3, -0.25) is 4.79 Å². The Labute approximate surface area is 153 Å². The summed E-state index contributed by atoms with van der Waals surface area (Å²) in [7, 11) is 1.18. The first-order valence-electron chi connectivity index (χ1n) is 8.24. The van der Waals surface area contributed by atoms with Crippen LogP contribution in [-0.4, -0.2) is 50.7 Å². The number of hydrogen-bond acceptors (Lipinski definition) is 3. The fourth-order valence-corrected chi connectivity index (χ4v) is 4.89. The van der Waals surface area contributed by atoms with E-state index in [-0.39, 0.29) is 16.8 Å². The molecule has 0 radical (unpaired) electrons. The van der Waals surface area contributed by atoms with Gasteiger partial charge in [0.2, 0.25) is 10.0 Å². The van der Waals surface area contributed by atoms with E-state index in [0.717, 1.165) is 30.0 Å². The Bertz CT molecular complexity index is 696. The number of carbonyl (C=O) groups is 1. The van der Waals surface area contributed by atoms with Gasteiger partial charge in [-0.1, -0.05) is 25.7 Å². The molecule has 134 valence electrons. The molecule has 0 heterocycles. The standard InChI is InChI=1S/C17H25BrN2O3S/c1-19(2)24(22,23)16-12-13(10-11-15(16)18)17(21)20(3)14-8-6-4-5-7-9-14/h10-12,14H,4-9H2,1-3H3. The van der Waals surface area contributed by atoms with Crippen LogP contribution in [0.5, 0.6) is 0 Å². The number of carbonyl (C=O) groups excluding carboxylic acids is 1. The molecule has 1 aliphatic rings. The van der Waals surface area contributed by atoms with Crippen LogP contribution in [0.3, 0.4) is 0 Å². The summed E-state index contributed by atoms with van der Waals surface area (Å²) in [6.45, 7) is 0. The number of sulfonamides is 1. The molecular formula is C17H25BrN2O3S. The molecule has 0 N–H and O–H groups in total. The minimum Gasteiger partial charge on any atom is -0.339 e. The number of halogens is 1. The molecule has 1 aromatic rings. The van der Waals surface area contributed by atoms with Crippen molar-refractivity contribution in [3.8, 4) is 0 Å². The highest BCUT2D eigenvalue weighted by atomic mass is 79.9. The molecule has 2 rings (SSSR count). The van der Waals surface area contributed by atoms with Crippen LogP contribution < -0.4 is 0 Å². The Kier molecular flexibility index (Phi) is 6.45. The average Bonchev–Trinajstić information content (AvgIpc) is 2.82. The predicted molar refractivity (Wildman–Crippen MR) is 98.6 cm³/mol. The first-order chi connectivity index (χ1) is 11.2. The topological polar surface area (TPSA) is 57.7 Å². The number of benzene rings is 1. The third-order valence-electron chi connectivity index (χ3n) is 4.63. The highest BCUT2D eigenvalue weighted by molar-refractivity contribution is 9.10. The number of amides is 1. The summed E-state index contributed by atoms with van der Waals surface area (Å²) < 4.78 is 26.4. The highest BCUT2D eigenvalue weighted by Gasteiger charge is 2.25. The zero-order valence-electron chi connectivity index (χ0n) is 14.5. The van der Waals surface area contributed by atoms with Crippen LogP contribution in [0.1, 0.15) is 48.9 Å². The predicted octanol–water partition coefficient (Wildman–Crippen LogP) is 3.49. The summed E-state index contributed by atoms with van der Waals surface area (Å²) in [6, 6.07) is 5.01. The van der Waals surface area contributed by atoms with E-state index in [4.69, 9.17) is 0 Å². The molecule has 0 aromatic heterocycles. The molecule has 0 saturated heterocycles. The van der Waals surface area contributed by atoms with Crippen molar-refractivity contribution >= 4 is 31.9 Å². The monoisotopic (exact) mass is 416 g/mol. The maximum Gasteiger partial charge on any atom is 0.253 e. The second kappa shape index (κ2) is 7.97. The van der Waals surface area contributed by atoms with Crippen LogP contribution in [0.25, 0.3) is 0 Å². The number of rotatable bonds is 4. The van der Waals surface area contributed by atoms with Crippen molar-refractivity contribution in [2.45, 2.75) is 49.5 Å². The van der Waals surface area contributed by atoms with Crippen molar-refractivity contribution in [2.24, 2.45) is 0 Å². The molecule has 1 saturated carbocycles. The van der Waals surface area contributed by atoms with Gasteiger partial charge in [0.15, 0.2) is 0 Å². The molecule has 0 spiro atoms. The van der Waals surface area contributed by atoms with Crippen LogP contribution >= 0.6 is 15.9 Å². The summed E-state index contributed by atoms with van der Waals surface area (Å²) >= 11 is 3.28. The SMILES string of the molecule is CN(C(=O)c1ccc(Br)c(S(=O)(=O)N(C)C)c1)C1CCCCCC1. The molecule has 0 atom stereocenters. The summed E-state index contributed by atoms with van der Waals surface area (Å²) in [5.74, 6) is -0.121. The maximum absolute atomic E-state index is 12.8. The largest absolute Gasteiger partial charge is 0.339 e. The summed E-state index contributed by atoms with van der Waals surface area (Å²) in [6.07, 6.45) is 6.76. The Morgan fingerprint density at radius 2 is 1.67 bits per heavy atom. The Hall–Kier alpha value is -0.920. The van der Waals surface area contributed by atoms with E-state index in [0.29, 0.717) is 10.0 Å². The highest BCUT2D eigenvalue weighted by Crippen LogP contribution is 2.27. The van der Waals surface area contributed by atoms with E-state index in [2.05, 4.69) is 15.9 Å². The summed E-state index contributed by atoms with van der Waals surface area (Å²) in [5, 5.41) is 0. The fourth-order valence-electron chi connectivity index (χ4n) is 3.05. The molecular weight excluding hydrogens is 392 g/mol. The van der Waals surface area contributed by atoms with E-state index >= 15 is 0 Å². The molecule has 1 aliphatic carbocycles. The van der Waals surface area contributed by atoms with Gasteiger partial charge < -0.3 is 4.90 Å². The van der Waals surface area contributed by atoms with Crippen LogP contribution in [0.4, 0.5) is 0 Å².